The van der Waals surface area contributed by atoms with Crippen molar-refractivity contribution in [2.24, 2.45) is 0 Å². The molecule has 3 aromatic rings. The molecule has 164 valence electrons. The molecular weight excluding hydrogens is 414 g/mol. The van der Waals surface area contributed by atoms with Crippen molar-refractivity contribution < 1.29 is 31.2 Å². The molecule has 1 aromatic heterocycles. The van der Waals surface area contributed by atoms with Crippen LogP contribution in [0.5, 0.6) is 17.2 Å². The van der Waals surface area contributed by atoms with Crippen LogP contribution in [-0.2, 0) is 13.0 Å². The lowest BCUT2D eigenvalue weighted by atomic mass is 9.95. The van der Waals surface area contributed by atoms with E-state index in [0.29, 0.717) is 6.79 Å². The molecule has 2 aliphatic heterocycles. The number of anilines is 1. The van der Waals surface area contributed by atoms with Crippen LogP contribution in [0.2, 0.25) is 0 Å². The number of hydrogen-bond acceptors (Lipinski definition) is 5. The fraction of sp³-hybridized carbons (Fsp3) is 0.375. The summed E-state index contributed by atoms with van der Waals surface area (Å²) in [4.78, 5) is 2.21. The summed E-state index contributed by atoms with van der Waals surface area (Å²) in [6.07, 6.45) is 4.31. The Morgan fingerprint density at radius 3 is 2.71 bits per heavy atom. The zero-order chi connectivity index (χ0) is 20.7. The predicted molar refractivity (Wildman–Crippen MR) is 118 cm³/mol. The highest BCUT2D eigenvalue weighted by atomic mass is 35.5. The minimum Gasteiger partial charge on any atom is -1.00 e. The second-order valence-electron chi connectivity index (χ2n) is 8.19. The molecule has 2 aliphatic rings. The molecule has 0 spiro atoms. The van der Waals surface area contributed by atoms with Gasteiger partial charge in [0.2, 0.25) is 12.5 Å². The van der Waals surface area contributed by atoms with Crippen molar-refractivity contribution in [1.29, 1.82) is 0 Å². The maximum atomic E-state index is 5.67. The van der Waals surface area contributed by atoms with Gasteiger partial charge in [-0.1, -0.05) is 6.07 Å². The molecule has 2 aromatic carbocycles. The van der Waals surface area contributed by atoms with Crippen LogP contribution in [0.15, 0.2) is 36.5 Å². The summed E-state index contributed by atoms with van der Waals surface area (Å²) in [5.74, 6) is 2.57. The first-order valence-electron chi connectivity index (χ1n) is 10.5. The normalized spacial score (nSPS) is 13.5. The van der Waals surface area contributed by atoms with Crippen molar-refractivity contribution in [3.8, 4) is 28.5 Å². The Labute approximate surface area is 189 Å². The van der Waals surface area contributed by atoms with Crippen molar-refractivity contribution in [2.45, 2.75) is 19.4 Å². The molecule has 6 nitrogen and oxygen atoms in total. The number of fused-ring (bicyclic) bond motifs is 5. The Bertz CT molecular complexity index is 1120. The average molecular weight is 442 g/mol. The predicted octanol–water partition coefficient (Wildman–Crippen LogP) is 0.455. The van der Waals surface area contributed by atoms with Crippen LogP contribution < -0.4 is 36.5 Å². The van der Waals surface area contributed by atoms with Crippen molar-refractivity contribution in [2.75, 3.05) is 46.4 Å². The molecule has 7 heteroatoms. The lowest BCUT2D eigenvalue weighted by molar-refractivity contribution is -0.686. The molecule has 0 unspecified atom stereocenters. The van der Waals surface area contributed by atoms with E-state index in [-0.39, 0.29) is 12.4 Å². The van der Waals surface area contributed by atoms with Gasteiger partial charge in [0.1, 0.15) is 5.75 Å². The number of aromatic nitrogens is 1. The van der Waals surface area contributed by atoms with E-state index < -0.39 is 0 Å². The molecule has 0 aliphatic carbocycles. The quantitative estimate of drug-likeness (QED) is 0.445. The van der Waals surface area contributed by atoms with Crippen LogP contribution in [0.1, 0.15) is 12.0 Å². The fourth-order valence-electron chi connectivity index (χ4n) is 4.39. The SMILES string of the molecule is COc1ccc2cc3[n+](cc2c1NCCCN(C)C)CCc1cc2c(cc1-3)OCO2.[Cl-]. The molecule has 0 radical (unpaired) electrons. The summed E-state index contributed by atoms with van der Waals surface area (Å²) >= 11 is 0. The number of nitrogens with zero attached hydrogens (tertiary/aromatic N) is 2. The molecule has 0 bridgehead atoms. The lowest BCUT2D eigenvalue weighted by Crippen LogP contribution is -3.00. The summed E-state index contributed by atoms with van der Waals surface area (Å²) in [5, 5.41) is 6.01. The van der Waals surface area contributed by atoms with Gasteiger partial charge in [0.25, 0.3) is 0 Å². The number of ether oxygens (including phenoxy) is 3. The lowest BCUT2D eigenvalue weighted by Gasteiger charge is -2.18. The minimum absolute atomic E-state index is 0. The van der Waals surface area contributed by atoms with Crippen LogP contribution in [0.3, 0.4) is 0 Å². The maximum absolute atomic E-state index is 5.67. The summed E-state index contributed by atoms with van der Waals surface area (Å²) in [7, 11) is 5.94. The Kier molecular flexibility index (Phi) is 6.12. The van der Waals surface area contributed by atoms with Gasteiger partial charge in [0, 0.05) is 19.0 Å². The van der Waals surface area contributed by atoms with Gasteiger partial charge in [-0.25, -0.2) is 0 Å². The Morgan fingerprint density at radius 1 is 1.13 bits per heavy atom. The highest BCUT2D eigenvalue weighted by Crippen LogP contribution is 2.41. The second-order valence-corrected chi connectivity index (χ2v) is 8.19. The number of aryl methyl sites for hydroxylation is 2. The van der Waals surface area contributed by atoms with Gasteiger partial charge < -0.3 is 36.8 Å². The third-order valence-corrected chi connectivity index (χ3v) is 5.93. The second kappa shape index (κ2) is 8.81. The minimum atomic E-state index is 0. The Balaban J connectivity index is 0.00000231. The van der Waals surface area contributed by atoms with Crippen LogP contribution in [0.4, 0.5) is 5.69 Å². The van der Waals surface area contributed by atoms with E-state index in [4.69, 9.17) is 14.2 Å². The van der Waals surface area contributed by atoms with Crippen molar-refractivity contribution in [1.82, 2.24) is 4.90 Å². The molecule has 31 heavy (non-hydrogen) atoms. The molecule has 0 fully saturated rings. The van der Waals surface area contributed by atoms with Crippen LogP contribution in [-0.4, -0.2) is 46.0 Å². The zero-order valence-corrected chi connectivity index (χ0v) is 19.0. The van der Waals surface area contributed by atoms with Gasteiger partial charge in [-0.15, -0.1) is 0 Å². The van der Waals surface area contributed by atoms with Gasteiger partial charge in [-0.05, 0) is 56.2 Å². The number of methoxy groups -OCH3 is 1. The van der Waals surface area contributed by atoms with E-state index in [1.54, 1.807) is 7.11 Å². The number of benzene rings is 2. The van der Waals surface area contributed by atoms with E-state index in [0.717, 1.165) is 55.4 Å². The molecular formula is C24H28ClN3O3. The summed E-state index contributed by atoms with van der Waals surface area (Å²) in [5.41, 5.74) is 4.82. The average Bonchev–Trinajstić information content (AvgIpc) is 3.21. The maximum Gasteiger partial charge on any atom is 0.231 e. The highest BCUT2D eigenvalue weighted by molar-refractivity contribution is 5.97. The van der Waals surface area contributed by atoms with Gasteiger partial charge in [-0.3, -0.25) is 0 Å². The number of halogens is 1. The molecule has 3 heterocycles. The first-order valence-corrected chi connectivity index (χ1v) is 10.5. The van der Waals surface area contributed by atoms with Crippen molar-refractivity contribution >= 4 is 16.5 Å². The van der Waals surface area contributed by atoms with E-state index in [1.807, 2.05) is 0 Å². The van der Waals surface area contributed by atoms with Gasteiger partial charge >= 0.3 is 0 Å². The van der Waals surface area contributed by atoms with Crippen molar-refractivity contribution in [3.63, 3.8) is 0 Å². The zero-order valence-electron chi connectivity index (χ0n) is 18.2. The standard InChI is InChI=1S/C24H27N3O3.ClH/c1-26(2)9-4-8-25-24-19-14-27-10-7-17-12-22-23(30-15-29-22)13-18(17)20(27)11-16(19)5-6-21(24)28-3;/h5-6,11-14H,4,7-10,15H2,1-3H3;1H. The van der Waals surface area contributed by atoms with Crippen LogP contribution in [0.25, 0.3) is 22.0 Å². The first-order chi connectivity index (χ1) is 14.6. The number of pyridine rings is 1. The number of rotatable bonds is 6. The smallest absolute Gasteiger partial charge is 0.231 e. The van der Waals surface area contributed by atoms with Gasteiger partial charge in [0.05, 0.1) is 23.7 Å². The third kappa shape index (κ3) is 3.98. The van der Waals surface area contributed by atoms with Crippen LogP contribution in [0, 0.1) is 0 Å². The van der Waals surface area contributed by atoms with Crippen molar-refractivity contribution in [3.05, 3.63) is 42.1 Å². The molecule has 0 atom stereocenters. The largest absolute Gasteiger partial charge is 1.00 e. The first kappa shape index (κ1) is 21.5. The molecule has 0 saturated heterocycles. The van der Waals surface area contributed by atoms with Gasteiger partial charge in [-0.2, -0.15) is 4.57 Å². The molecule has 5 rings (SSSR count). The monoisotopic (exact) mass is 441 g/mol. The summed E-state index contributed by atoms with van der Waals surface area (Å²) in [6, 6.07) is 10.7. The van der Waals surface area contributed by atoms with E-state index in [2.05, 4.69) is 65.4 Å². The molecule has 1 N–H and O–H groups in total. The topological polar surface area (TPSA) is 46.8 Å². The van der Waals surface area contributed by atoms with E-state index in [1.165, 1.54) is 27.6 Å². The van der Waals surface area contributed by atoms with Gasteiger partial charge in [0.15, 0.2) is 24.2 Å². The Morgan fingerprint density at radius 2 is 1.94 bits per heavy atom. The number of nitrogens with one attached hydrogen (secondary N) is 1. The summed E-state index contributed by atoms with van der Waals surface area (Å²) in [6.45, 7) is 3.20. The molecule has 0 amide bonds. The third-order valence-electron chi connectivity index (χ3n) is 5.93. The fourth-order valence-corrected chi connectivity index (χ4v) is 4.39. The summed E-state index contributed by atoms with van der Waals surface area (Å²) < 4.78 is 19.2. The number of hydrogen-bond donors (Lipinski definition) is 1. The van der Waals surface area contributed by atoms with E-state index >= 15 is 0 Å². The molecule has 0 saturated carbocycles. The Hall–Kier alpha value is -2.70. The van der Waals surface area contributed by atoms with Crippen LogP contribution >= 0.6 is 0 Å². The highest BCUT2D eigenvalue weighted by Gasteiger charge is 2.28. The van der Waals surface area contributed by atoms with E-state index in [9.17, 15) is 0 Å².